The smallest absolute Gasteiger partial charge is 0.346 e. The molecule has 3 heteroatoms. The van der Waals surface area contributed by atoms with Crippen molar-refractivity contribution >= 4 is 11.9 Å². The van der Waals surface area contributed by atoms with Crippen molar-refractivity contribution in [3.8, 4) is 0 Å². The van der Waals surface area contributed by atoms with E-state index in [-0.39, 0.29) is 5.41 Å². The van der Waals surface area contributed by atoms with Crippen molar-refractivity contribution in [1.82, 2.24) is 0 Å². The Hall–Kier alpha value is -2.42. The van der Waals surface area contributed by atoms with Crippen LogP contribution in [0.2, 0.25) is 0 Å². The highest BCUT2D eigenvalue weighted by molar-refractivity contribution is 6.02. The molecule has 2 aromatic rings. The molecule has 0 aliphatic rings. The molecule has 0 heterocycles. The summed E-state index contributed by atoms with van der Waals surface area (Å²) in [6, 6.07) is 15.6. The SMILES string of the molecule is CC(C)(C)c1ccc(C(=O)OC(=O)c2ccccc2)cc1. The molecular weight excluding hydrogens is 264 g/mol. The normalized spacial score (nSPS) is 11.0. The van der Waals surface area contributed by atoms with E-state index in [2.05, 4.69) is 20.8 Å². The highest BCUT2D eigenvalue weighted by Crippen LogP contribution is 2.22. The molecule has 0 fully saturated rings. The van der Waals surface area contributed by atoms with E-state index >= 15 is 0 Å². The van der Waals surface area contributed by atoms with Crippen LogP contribution in [0.5, 0.6) is 0 Å². The van der Waals surface area contributed by atoms with E-state index in [4.69, 9.17) is 4.74 Å². The lowest BCUT2D eigenvalue weighted by molar-refractivity contribution is 0.0398. The van der Waals surface area contributed by atoms with Crippen LogP contribution in [0.4, 0.5) is 0 Å². The van der Waals surface area contributed by atoms with Gasteiger partial charge in [0.05, 0.1) is 11.1 Å². The van der Waals surface area contributed by atoms with Crippen LogP contribution in [0.3, 0.4) is 0 Å². The average Bonchev–Trinajstić information content (AvgIpc) is 2.47. The molecule has 0 atom stereocenters. The minimum atomic E-state index is -0.638. The third kappa shape index (κ3) is 3.78. The number of benzene rings is 2. The molecule has 0 saturated carbocycles. The van der Waals surface area contributed by atoms with Gasteiger partial charge in [0.15, 0.2) is 0 Å². The van der Waals surface area contributed by atoms with Crippen molar-refractivity contribution in [1.29, 1.82) is 0 Å². The van der Waals surface area contributed by atoms with E-state index in [0.29, 0.717) is 11.1 Å². The summed E-state index contributed by atoms with van der Waals surface area (Å²) in [6.07, 6.45) is 0. The second-order valence-electron chi connectivity index (χ2n) is 5.87. The Labute approximate surface area is 124 Å². The molecule has 0 unspecified atom stereocenters. The van der Waals surface area contributed by atoms with Gasteiger partial charge in [-0.15, -0.1) is 0 Å². The third-order valence-electron chi connectivity index (χ3n) is 3.18. The second-order valence-corrected chi connectivity index (χ2v) is 5.87. The molecule has 0 aliphatic heterocycles. The maximum Gasteiger partial charge on any atom is 0.346 e. The third-order valence-corrected chi connectivity index (χ3v) is 3.18. The topological polar surface area (TPSA) is 43.4 Å². The summed E-state index contributed by atoms with van der Waals surface area (Å²) in [6.45, 7) is 6.29. The number of carbonyl (C=O) groups excluding carboxylic acids is 2. The first-order chi connectivity index (χ1) is 9.88. The van der Waals surface area contributed by atoms with Crippen LogP contribution in [0.1, 0.15) is 47.1 Å². The number of rotatable bonds is 2. The first-order valence-corrected chi connectivity index (χ1v) is 6.80. The van der Waals surface area contributed by atoms with Gasteiger partial charge in [-0.2, -0.15) is 0 Å². The van der Waals surface area contributed by atoms with Gasteiger partial charge in [-0.1, -0.05) is 51.1 Å². The van der Waals surface area contributed by atoms with Crippen LogP contribution < -0.4 is 0 Å². The van der Waals surface area contributed by atoms with E-state index in [1.165, 1.54) is 0 Å². The summed E-state index contributed by atoms with van der Waals surface area (Å²) in [5.74, 6) is -1.27. The molecule has 2 aromatic carbocycles. The monoisotopic (exact) mass is 282 g/mol. The van der Waals surface area contributed by atoms with Crippen LogP contribution >= 0.6 is 0 Å². The zero-order valence-electron chi connectivity index (χ0n) is 12.4. The Morgan fingerprint density at radius 2 is 1.24 bits per heavy atom. The summed E-state index contributed by atoms with van der Waals surface area (Å²) in [7, 11) is 0. The zero-order chi connectivity index (χ0) is 15.5. The summed E-state index contributed by atoms with van der Waals surface area (Å²) < 4.78 is 4.87. The van der Waals surface area contributed by atoms with E-state index in [1.807, 2.05) is 12.1 Å². The van der Waals surface area contributed by atoms with Crippen molar-refractivity contribution < 1.29 is 14.3 Å². The molecule has 21 heavy (non-hydrogen) atoms. The molecule has 0 aromatic heterocycles. The summed E-state index contributed by atoms with van der Waals surface area (Å²) in [4.78, 5) is 23.8. The number of esters is 2. The Morgan fingerprint density at radius 1 is 0.762 bits per heavy atom. The molecule has 0 amide bonds. The Morgan fingerprint density at radius 3 is 1.71 bits per heavy atom. The Bertz CT molecular complexity index is 634. The number of ether oxygens (including phenoxy) is 1. The highest BCUT2D eigenvalue weighted by Gasteiger charge is 2.17. The van der Waals surface area contributed by atoms with Gasteiger partial charge in [0.2, 0.25) is 0 Å². The van der Waals surface area contributed by atoms with Gasteiger partial charge >= 0.3 is 11.9 Å². The van der Waals surface area contributed by atoms with E-state index in [0.717, 1.165) is 5.56 Å². The second kappa shape index (κ2) is 5.92. The quantitative estimate of drug-likeness (QED) is 0.618. The molecule has 0 bridgehead atoms. The van der Waals surface area contributed by atoms with Crippen LogP contribution in [-0.2, 0) is 10.2 Å². The predicted molar refractivity (Wildman–Crippen MR) is 81.3 cm³/mol. The first-order valence-electron chi connectivity index (χ1n) is 6.80. The molecular formula is C18H18O3. The highest BCUT2D eigenvalue weighted by atomic mass is 16.6. The van der Waals surface area contributed by atoms with Crippen LogP contribution in [0.15, 0.2) is 54.6 Å². The maximum atomic E-state index is 11.9. The summed E-state index contributed by atoms with van der Waals surface area (Å²) >= 11 is 0. The van der Waals surface area contributed by atoms with Crippen LogP contribution in [0.25, 0.3) is 0 Å². The van der Waals surface area contributed by atoms with E-state index < -0.39 is 11.9 Å². The van der Waals surface area contributed by atoms with Crippen molar-refractivity contribution in [2.24, 2.45) is 0 Å². The van der Waals surface area contributed by atoms with Gasteiger partial charge in [0, 0.05) is 0 Å². The molecule has 3 nitrogen and oxygen atoms in total. The molecule has 0 spiro atoms. The fourth-order valence-electron chi connectivity index (χ4n) is 1.88. The number of hydrogen-bond acceptors (Lipinski definition) is 3. The number of hydrogen-bond donors (Lipinski definition) is 0. The molecule has 2 rings (SSSR count). The van der Waals surface area contributed by atoms with E-state index in [9.17, 15) is 9.59 Å². The summed E-state index contributed by atoms with van der Waals surface area (Å²) in [5.41, 5.74) is 1.86. The van der Waals surface area contributed by atoms with Crippen molar-refractivity contribution in [2.45, 2.75) is 26.2 Å². The van der Waals surface area contributed by atoms with Gasteiger partial charge < -0.3 is 4.74 Å². The van der Waals surface area contributed by atoms with Crippen LogP contribution in [-0.4, -0.2) is 11.9 Å². The van der Waals surface area contributed by atoms with Crippen molar-refractivity contribution in [3.63, 3.8) is 0 Å². The van der Waals surface area contributed by atoms with Gasteiger partial charge in [0.1, 0.15) is 0 Å². The van der Waals surface area contributed by atoms with Crippen LogP contribution in [0, 0.1) is 0 Å². The lowest BCUT2D eigenvalue weighted by atomic mass is 9.87. The largest absolute Gasteiger partial charge is 0.386 e. The molecule has 108 valence electrons. The molecule has 0 radical (unpaired) electrons. The molecule has 0 aliphatic carbocycles. The predicted octanol–water partition coefficient (Wildman–Crippen LogP) is 3.98. The van der Waals surface area contributed by atoms with Gasteiger partial charge in [-0.3, -0.25) is 0 Å². The fraction of sp³-hybridized carbons (Fsp3) is 0.222. The zero-order valence-corrected chi connectivity index (χ0v) is 12.4. The average molecular weight is 282 g/mol. The lowest BCUT2D eigenvalue weighted by Crippen LogP contribution is -2.14. The summed E-state index contributed by atoms with van der Waals surface area (Å²) in [5, 5.41) is 0. The van der Waals surface area contributed by atoms with Crippen molar-refractivity contribution in [2.75, 3.05) is 0 Å². The first kappa shape index (κ1) is 15.0. The standard InChI is InChI=1S/C18H18O3/c1-18(2,3)15-11-9-14(10-12-15)17(20)21-16(19)13-7-5-4-6-8-13/h4-12H,1-3H3. The number of carbonyl (C=O) groups is 2. The van der Waals surface area contributed by atoms with Gasteiger partial charge in [-0.05, 0) is 35.2 Å². The minimum Gasteiger partial charge on any atom is -0.386 e. The Kier molecular flexibility index (Phi) is 4.22. The molecule has 0 N–H and O–H groups in total. The Balaban J connectivity index is 2.09. The lowest BCUT2D eigenvalue weighted by Gasteiger charge is -2.18. The molecule has 0 saturated heterocycles. The van der Waals surface area contributed by atoms with Gasteiger partial charge in [0.25, 0.3) is 0 Å². The van der Waals surface area contributed by atoms with Gasteiger partial charge in [-0.25, -0.2) is 9.59 Å². The minimum absolute atomic E-state index is 0.0162. The van der Waals surface area contributed by atoms with Crippen molar-refractivity contribution in [3.05, 3.63) is 71.3 Å². The van der Waals surface area contributed by atoms with E-state index in [1.54, 1.807) is 42.5 Å². The maximum absolute atomic E-state index is 11.9. The fourth-order valence-corrected chi connectivity index (χ4v) is 1.88.